The van der Waals surface area contributed by atoms with Crippen LogP contribution in [0.4, 0.5) is 5.69 Å². The molecule has 3 nitrogen and oxygen atoms in total. The Bertz CT molecular complexity index is 965. The van der Waals surface area contributed by atoms with Gasteiger partial charge in [0.05, 0.1) is 17.5 Å². The number of fused-ring (bicyclic) bond motifs is 3. The first-order valence-electron chi connectivity index (χ1n) is 9.49. The van der Waals surface area contributed by atoms with Crippen molar-refractivity contribution < 1.29 is 9.59 Å². The van der Waals surface area contributed by atoms with E-state index in [-0.39, 0.29) is 40.9 Å². The summed E-state index contributed by atoms with van der Waals surface area (Å²) >= 11 is 5.96. The Labute approximate surface area is 162 Å². The molecule has 4 aliphatic rings. The minimum atomic E-state index is -0.211. The standard InChI is InChI=1S/C23H18ClNO2/c24-14-6-8-15(9-7-14)25-21(26)19-16-10-11-17(20(19)22(25)27)23(16)12-18(23)13-4-2-1-3-5-13/h1-11,16-20H,12H2. The van der Waals surface area contributed by atoms with Gasteiger partial charge in [0, 0.05) is 5.02 Å². The highest BCUT2D eigenvalue weighted by molar-refractivity contribution is 6.30. The van der Waals surface area contributed by atoms with E-state index in [4.69, 9.17) is 11.6 Å². The van der Waals surface area contributed by atoms with Crippen molar-refractivity contribution in [1.29, 1.82) is 0 Å². The van der Waals surface area contributed by atoms with Gasteiger partial charge >= 0.3 is 0 Å². The van der Waals surface area contributed by atoms with Gasteiger partial charge in [0.15, 0.2) is 0 Å². The molecule has 3 fully saturated rings. The van der Waals surface area contributed by atoms with Crippen LogP contribution in [0.2, 0.25) is 5.02 Å². The SMILES string of the molecule is O=C1C2C(C(=O)N1c1ccc(Cl)cc1)C1C=CC2C12CC2c1ccccc1. The van der Waals surface area contributed by atoms with E-state index in [0.29, 0.717) is 16.6 Å². The molecule has 134 valence electrons. The van der Waals surface area contributed by atoms with E-state index in [1.54, 1.807) is 24.3 Å². The number of carbonyl (C=O) groups excluding carboxylic acids is 2. The van der Waals surface area contributed by atoms with Crippen LogP contribution in [-0.2, 0) is 9.59 Å². The number of imide groups is 1. The third-order valence-corrected chi connectivity index (χ3v) is 7.52. The van der Waals surface area contributed by atoms with Gasteiger partial charge in [-0.25, -0.2) is 0 Å². The summed E-state index contributed by atoms with van der Waals surface area (Å²) in [6.07, 6.45) is 5.50. The van der Waals surface area contributed by atoms with E-state index in [9.17, 15) is 9.59 Å². The third kappa shape index (κ3) is 1.83. The Balaban J connectivity index is 1.36. The van der Waals surface area contributed by atoms with Gasteiger partial charge in [0.25, 0.3) is 0 Å². The molecule has 2 bridgehead atoms. The third-order valence-electron chi connectivity index (χ3n) is 7.27. The van der Waals surface area contributed by atoms with E-state index in [1.165, 1.54) is 10.5 Å². The van der Waals surface area contributed by atoms with Gasteiger partial charge in [0.1, 0.15) is 0 Å². The van der Waals surface area contributed by atoms with Gasteiger partial charge in [-0.05, 0) is 59.4 Å². The quantitative estimate of drug-likeness (QED) is 0.575. The normalized spacial score (nSPS) is 38.1. The predicted octanol–water partition coefficient (Wildman–Crippen LogP) is 4.44. The number of anilines is 1. The van der Waals surface area contributed by atoms with Crippen LogP contribution in [0.1, 0.15) is 17.9 Å². The zero-order valence-corrected chi connectivity index (χ0v) is 15.3. The lowest BCUT2D eigenvalue weighted by molar-refractivity contribution is -0.123. The highest BCUT2D eigenvalue weighted by Gasteiger charge is 2.77. The van der Waals surface area contributed by atoms with Gasteiger partial charge in [-0.3, -0.25) is 14.5 Å². The summed E-state index contributed by atoms with van der Waals surface area (Å²) in [5.41, 5.74) is 2.05. The van der Waals surface area contributed by atoms with Crippen molar-refractivity contribution >= 4 is 29.1 Å². The first kappa shape index (κ1) is 15.6. The minimum Gasteiger partial charge on any atom is -0.274 e. The monoisotopic (exact) mass is 375 g/mol. The Morgan fingerprint density at radius 3 is 2.04 bits per heavy atom. The molecule has 1 saturated heterocycles. The molecule has 27 heavy (non-hydrogen) atoms. The van der Waals surface area contributed by atoms with Crippen molar-refractivity contribution in [2.45, 2.75) is 12.3 Å². The molecular weight excluding hydrogens is 358 g/mol. The minimum absolute atomic E-state index is 0.0396. The number of hydrogen-bond acceptors (Lipinski definition) is 2. The van der Waals surface area contributed by atoms with Gasteiger partial charge in [0.2, 0.25) is 11.8 Å². The first-order valence-corrected chi connectivity index (χ1v) is 9.87. The Hall–Kier alpha value is -2.39. The molecule has 5 atom stereocenters. The van der Waals surface area contributed by atoms with Crippen LogP contribution in [0.25, 0.3) is 0 Å². The largest absolute Gasteiger partial charge is 0.274 e. The molecule has 4 heteroatoms. The lowest BCUT2D eigenvalue weighted by atomic mass is 9.85. The number of rotatable bonds is 2. The summed E-state index contributed by atoms with van der Waals surface area (Å²) in [7, 11) is 0. The average molecular weight is 376 g/mol. The number of amides is 2. The second-order valence-corrected chi connectivity index (χ2v) is 8.69. The first-order chi connectivity index (χ1) is 13.1. The molecule has 6 rings (SSSR count). The van der Waals surface area contributed by atoms with E-state index in [2.05, 4.69) is 36.4 Å². The van der Waals surface area contributed by atoms with Gasteiger partial charge < -0.3 is 0 Å². The molecule has 0 N–H and O–H groups in total. The van der Waals surface area contributed by atoms with Crippen LogP contribution in [0.3, 0.4) is 0 Å². The van der Waals surface area contributed by atoms with E-state index in [1.807, 2.05) is 6.07 Å². The summed E-state index contributed by atoms with van der Waals surface area (Å²) in [5, 5.41) is 0.599. The Kier molecular flexibility index (Phi) is 2.96. The number of hydrogen-bond donors (Lipinski definition) is 0. The lowest BCUT2D eigenvalue weighted by Gasteiger charge is -2.23. The molecule has 2 aromatic carbocycles. The lowest BCUT2D eigenvalue weighted by Crippen LogP contribution is -2.35. The van der Waals surface area contributed by atoms with Crippen LogP contribution >= 0.6 is 11.6 Å². The van der Waals surface area contributed by atoms with Crippen LogP contribution in [0, 0.1) is 29.1 Å². The molecule has 1 aliphatic heterocycles. The fraction of sp³-hybridized carbons (Fsp3) is 0.304. The van der Waals surface area contributed by atoms with Crippen molar-refractivity contribution in [3.8, 4) is 0 Å². The van der Waals surface area contributed by atoms with Crippen LogP contribution < -0.4 is 4.90 Å². The summed E-state index contributed by atoms with van der Waals surface area (Å²) in [6.45, 7) is 0. The summed E-state index contributed by atoms with van der Waals surface area (Å²) in [4.78, 5) is 27.9. The molecule has 2 aromatic rings. The van der Waals surface area contributed by atoms with Crippen molar-refractivity contribution in [3.05, 3.63) is 77.3 Å². The number of nitrogens with zero attached hydrogens (tertiary/aromatic N) is 1. The molecular formula is C23H18ClNO2. The molecule has 0 radical (unpaired) electrons. The van der Waals surface area contributed by atoms with Crippen LogP contribution in [-0.4, -0.2) is 11.8 Å². The average Bonchev–Trinajstić information content (AvgIpc) is 3.17. The Morgan fingerprint density at radius 2 is 1.44 bits per heavy atom. The van der Waals surface area contributed by atoms with E-state index in [0.717, 1.165) is 6.42 Å². The molecule has 1 spiro atoms. The second-order valence-electron chi connectivity index (χ2n) is 8.26. The van der Waals surface area contributed by atoms with Gasteiger partial charge in [-0.15, -0.1) is 0 Å². The van der Waals surface area contributed by atoms with Crippen LogP contribution in [0.5, 0.6) is 0 Å². The fourth-order valence-electron chi connectivity index (χ4n) is 6.19. The molecule has 2 amide bonds. The zero-order valence-electron chi connectivity index (χ0n) is 14.6. The molecule has 0 aromatic heterocycles. The summed E-state index contributed by atoms with van der Waals surface area (Å²) < 4.78 is 0. The predicted molar refractivity (Wildman–Crippen MR) is 103 cm³/mol. The highest BCUT2D eigenvalue weighted by Crippen LogP contribution is 2.79. The molecule has 1 heterocycles. The summed E-state index contributed by atoms with van der Waals surface area (Å²) in [6, 6.07) is 17.5. The summed E-state index contributed by atoms with van der Waals surface area (Å²) in [5.74, 6) is 0.301. The topological polar surface area (TPSA) is 37.4 Å². The van der Waals surface area contributed by atoms with Crippen LogP contribution in [0.15, 0.2) is 66.7 Å². The zero-order chi connectivity index (χ0) is 18.3. The number of carbonyl (C=O) groups is 2. The maximum atomic E-state index is 13.3. The molecule has 3 aliphatic carbocycles. The Morgan fingerprint density at radius 1 is 0.852 bits per heavy atom. The molecule has 5 unspecified atom stereocenters. The van der Waals surface area contributed by atoms with Gasteiger partial charge in [-0.1, -0.05) is 54.1 Å². The fourth-order valence-corrected chi connectivity index (χ4v) is 6.31. The maximum Gasteiger partial charge on any atom is 0.238 e. The van der Waals surface area contributed by atoms with Crippen molar-refractivity contribution in [1.82, 2.24) is 0 Å². The van der Waals surface area contributed by atoms with E-state index < -0.39 is 0 Å². The number of benzene rings is 2. The van der Waals surface area contributed by atoms with Crippen molar-refractivity contribution in [2.75, 3.05) is 4.90 Å². The number of halogens is 1. The molecule has 2 saturated carbocycles. The maximum absolute atomic E-state index is 13.3. The second kappa shape index (κ2) is 5.11. The van der Waals surface area contributed by atoms with Crippen molar-refractivity contribution in [2.24, 2.45) is 29.1 Å². The number of allylic oxidation sites excluding steroid dienone is 2. The smallest absolute Gasteiger partial charge is 0.238 e. The van der Waals surface area contributed by atoms with Gasteiger partial charge in [-0.2, -0.15) is 0 Å². The van der Waals surface area contributed by atoms with E-state index >= 15 is 0 Å². The van der Waals surface area contributed by atoms with Crippen molar-refractivity contribution in [3.63, 3.8) is 0 Å². The highest BCUT2D eigenvalue weighted by atomic mass is 35.5.